The first-order chi connectivity index (χ1) is 9.69. The SMILES string of the molecule is N#CC(C#N)=C1C=CC(=C(C#N)C#N)C23C=CC12C=C3. The third-order valence-electron chi connectivity index (χ3n) is 4.20. The van der Waals surface area contributed by atoms with E-state index >= 15 is 0 Å². The van der Waals surface area contributed by atoms with Crippen LogP contribution in [0.25, 0.3) is 0 Å². The number of hydrogen-bond donors (Lipinski definition) is 0. The molecule has 3 rings (SSSR count). The summed E-state index contributed by atoms with van der Waals surface area (Å²) >= 11 is 0. The molecule has 0 atom stereocenters. The van der Waals surface area contributed by atoms with Gasteiger partial charge in [0.2, 0.25) is 0 Å². The number of nitriles is 4. The Morgan fingerprint density at radius 3 is 1.15 bits per heavy atom. The van der Waals surface area contributed by atoms with Crippen molar-refractivity contribution in [3.05, 3.63) is 58.7 Å². The van der Waals surface area contributed by atoms with Crippen molar-refractivity contribution in [2.75, 3.05) is 0 Å². The van der Waals surface area contributed by atoms with Crippen LogP contribution in [0.5, 0.6) is 0 Å². The first-order valence-corrected chi connectivity index (χ1v) is 5.88. The Hall–Kier alpha value is -3.34. The zero-order valence-corrected chi connectivity index (χ0v) is 10.3. The van der Waals surface area contributed by atoms with Gasteiger partial charge in [-0.1, -0.05) is 36.5 Å². The van der Waals surface area contributed by atoms with Crippen LogP contribution in [0.3, 0.4) is 0 Å². The maximum absolute atomic E-state index is 9.07. The second kappa shape index (κ2) is 3.58. The summed E-state index contributed by atoms with van der Waals surface area (Å²) in [5.74, 6) is 0. The van der Waals surface area contributed by atoms with Gasteiger partial charge in [-0.3, -0.25) is 0 Å². The highest BCUT2D eigenvalue weighted by molar-refractivity contribution is 5.73. The quantitative estimate of drug-likeness (QED) is 0.489. The molecule has 0 saturated carbocycles. The van der Waals surface area contributed by atoms with E-state index in [0.717, 1.165) is 0 Å². The van der Waals surface area contributed by atoms with E-state index in [4.69, 9.17) is 21.0 Å². The van der Waals surface area contributed by atoms with Gasteiger partial charge in [-0.15, -0.1) is 0 Å². The molecule has 0 radical (unpaired) electrons. The number of nitrogens with zero attached hydrogens (tertiary/aromatic N) is 4. The van der Waals surface area contributed by atoms with Crippen molar-refractivity contribution in [2.45, 2.75) is 0 Å². The van der Waals surface area contributed by atoms with E-state index in [9.17, 15) is 0 Å². The highest BCUT2D eigenvalue weighted by atomic mass is 14.6. The van der Waals surface area contributed by atoms with Gasteiger partial charge in [-0.2, -0.15) is 21.0 Å². The van der Waals surface area contributed by atoms with E-state index in [2.05, 4.69) is 0 Å². The second-order valence-corrected chi connectivity index (χ2v) is 4.76. The van der Waals surface area contributed by atoms with E-state index in [1.54, 1.807) is 12.2 Å². The van der Waals surface area contributed by atoms with Gasteiger partial charge in [0.05, 0.1) is 10.8 Å². The van der Waals surface area contributed by atoms with Gasteiger partial charge >= 0.3 is 0 Å². The fourth-order valence-electron chi connectivity index (χ4n) is 3.11. The Kier molecular flexibility index (Phi) is 2.10. The third-order valence-corrected chi connectivity index (χ3v) is 4.20. The molecule has 4 heteroatoms. The zero-order valence-electron chi connectivity index (χ0n) is 10.3. The molecule has 0 aliphatic heterocycles. The van der Waals surface area contributed by atoms with Crippen molar-refractivity contribution in [3.8, 4) is 24.3 Å². The van der Waals surface area contributed by atoms with Gasteiger partial charge in [0.25, 0.3) is 0 Å². The molecule has 3 aliphatic carbocycles. The summed E-state index contributed by atoms with van der Waals surface area (Å²) < 4.78 is 0. The molecule has 0 bridgehead atoms. The third kappa shape index (κ3) is 0.986. The lowest BCUT2D eigenvalue weighted by molar-refractivity contribution is 0.271. The van der Waals surface area contributed by atoms with Crippen LogP contribution < -0.4 is 0 Å². The van der Waals surface area contributed by atoms with Gasteiger partial charge in [0, 0.05) is 0 Å². The summed E-state index contributed by atoms with van der Waals surface area (Å²) in [6.45, 7) is 0. The Bertz CT molecular complexity index is 732. The molecule has 0 aromatic heterocycles. The fourth-order valence-corrected chi connectivity index (χ4v) is 3.11. The van der Waals surface area contributed by atoms with Gasteiger partial charge in [0.15, 0.2) is 0 Å². The van der Waals surface area contributed by atoms with Gasteiger partial charge in [-0.25, -0.2) is 0 Å². The van der Waals surface area contributed by atoms with E-state index in [1.165, 1.54) is 0 Å². The average Bonchev–Trinajstić information content (AvgIpc) is 2.45. The van der Waals surface area contributed by atoms with Crippen molar-refractivity contribution in [1.29, 1.82) is 21.0 Å². The summed E-state index contributed by atoms with van der Waals surface area (Å²) in [4.78, 5) is 0. The summed E-state index contributed by atoms with van der Waals surface area (Å²) in [6.07, 6.45) is 11.0. The lowest BCUT2D eigenvalue weighted by Crippen LogP contribution is -2.53. The summed E-state index contributed by atoms with van der Waals surface area (Å²) in [7, 11) is 0. The number of rotatable bonds is 0. The van der Waals surface area contributed by atoms with Crippen LogP contribution in [0.15, 0.2) is 58.7 Å². The highest BCUT2D eigenvalue weighted by Crippen LogP contribution is 2.69. The minimum absolute atomic E-state index is 0.0637. The molecule has 20 heavy (non-hydrogen) atoms. The molecular formula is C16H6N4. The largest absolute Gasteiger partial charge is 0.192 e. The van der Waals surface area contributed by atoms with E-state index in [0.29, 0.717) is 11.1 Å². The van der Waals surface area contributed by atoms with Crippen molar-refractivity contribution in [2.24, 2.45) is 10.8 Å². The molecule has 4 nitrogen and oxygen atoms in total. The molecule has 0 saturated heterocycles. The van der Waals surface area contributed by atoms with Crippen LogP contribution in [-0.2, 0) is 0 Å². The summed E-state index contributed by atoms with van der Waals surface area (Å²) in [5, 5.41) is 36.3. The maximum atomic E-state index is 9.07. The van der Waals surface area contributed by atoms with E-state index < -0.39 is 10.8 Å². The first-order valence-electron chi connectivity index (χ1n) is 5.88. The molecule has 0 spiro atoms. The molecular weight excluding hydrogens is 248 g/mol. The Labute approximate surface area is 115 Å². The Morgan fingerprint density at radius 2 is 0.950 bits per heavy atom. The van der Waals surface area contributed by atoms with Crippen molar-refractivity contribution in [3.63, 3.8) is 0 Å². The van der Waals surface area contributed by atoms with Gasteiger partial charge in [-0.05, 0) is 11.1 Å². The molecule has 0 N–H and O–H groups in total. The monoisotopic (exact) mass is 254 g/mol. The first kappa shape index (κ1) is 11.7. The molecule has 90 valence electrons. The minimum atomic E-state index is -0.545. The van der Waals surface area contributed by atoms with Crippen molar-refractivity contribution >= 4 is 0 Å². The Morgan fingerprint density at radius 1 is 0.650 bits per heavy atom. The molecule has 0 heterocycles. The van der Waals surface area contributed by atoms with Crippen LogP contribution in [0.4, 0.5) is 0 Å². The maximum Gasteiger partial charge on any atom is 0.134 e. The van der Waals surface area contributed by atoms with Crippen LogP contribution in [0.1, 0.15) is 0 Å². The van der Waals surface area contributed by atoms with Gasteiger partial charge in [0.1, 0.15) is 35.4 Å². The molecule has 0 amide bonds. The smallest absolute Gasteiger partial charge is 0.134 e. The predicted molar refractivity (Wildman–Crippen MR) is 68.8 cm³/mol. The lowest BCUT2D eigenvalue weighted by atomic mass is 9.41. The lowest BCUT2D eigenvalue weighted by Gasteiger charge is -2.60. The summed E-state index contributed by atoms with van der Waals surface area (Å²) in [5.41, 5.74) is 0.300. The molecule has 0 fully saturated rings. The normalized spacial score (nSPS) is 30.4. The summed E-state index contributed by atoms with van der Waals surface area (Å²) in [6, 6.07) is 7.63. The van der Waals surface area contributed by atoms with Gasteiger partial charge < -0.3 is 0 Å². The van der Waals surface area contributed by atoms with Crippen molar-refractivity contribution < 1.29 is 0 Å². The molecule has 0 unspecified atom stereocenters. The second-order valence-electron chi connectivity index (χ2n) is 4.76. The number of allylic oxidation sites excluding steroid dienone is 10. The van der Waals surface area contributed by atoms with E-state index in [-0.39, 0.29) is 11.1 Å². The van der Waals surface area contributed by atoms with Crippen molar-refractivity contribution in [1.82, 2.24) is 0 Å². The van der Waals surface area contributed by atoms with Crippen LogP contribution >= 0.6 is 0 Å². The van der Waals surface area contributed by atoms with Crippen LogP contribution in [0, 0.1) is 56.2 Å². The molecule has 0 aromatic rings. The predicted octanol–water partition coefficient (Wildman–Crippen LogP) is 2.36. The highest BCUT2D eigenvalue weighted by Gasteiger charge is 2.62. The minimum Gasteiger partial charge on any atom is -0.192 e. The molecule has 0 aromatic carbocycles. The Balaban J connectivity index is 2.34. The standard InChI is InChI=1S/C16H6N4/c17-7-11(8-18)13-1-2-14(12(9-19)10-20)16-5-3-15(13,16)4-6-16/h1-6H. The topological polar surface area (TPSA) is 95.2 Å². The van der Waals surface area contributed by atoms with E-state index in [1.807, 2.05) is 48.6 Å². The zero-order chi connectivity index (χ0) is 14.4. The van der Waals surface area contributed by atoms with Crippen LogP contribution in [0.2, 0.25) is 0 Å². The average molecular weight is 254 g/mol. The van der Waals surface area contributed by atoms with Crippen LogP contribution in [-0.4, -0.2) is 0 Å². The molecule has 3 aliphatic rings. The number of hydrogen-bond acceptors (Lipinski definition) is 4. The fraction of sp³-hybridized carbons (Fsp3) is 0.125.